The third kappa shape index (κ3) is 1.83. The summed E-state index contributed by atoms with van der Waals surface area (Å²) in [5.74, 6) is -0.0841. The second-order valence-corrected chi connectivity index (χ2v) is 4.74. The van der Waals surface area contributed by atoms with Gasteiger partial charge in [-0.1, -0.05) is 18.5 Å². The number of ether oxygens (including phenoxy) is 2. The first-order chi connectivity index (χ1) is 7.07. The van der Waals surface area contributed by atoms with Crippen LogP contribution in [0.25, 0.3) is 10.4 Å². The second-order valence-electron chi connectivity index (χ2n) is 4.74. The first-order valence-electron chi connectivity index (χ1n) is 5.47. The lowest BCUT2D eigenvalue weighted by atomic mass is 10.0. The molecule has 5 nitrogen and oxygen atoms in total. The average molecular weight is 211 g/mol. The van der Waals surface area contributed by atoms with Crippen LogP contribution in [0.15, 0.2) is 5.11 Å². The van der Waals surface area contributed by atoms with Gasteiger partial charge in [-0.15, -0.1) is 0 Å². The molecule has 0 aromatic heterocycles. The third-order valence-corrected chi connectivity index (χ3v) is 3.28. The van der Waals surface area contributed by atoms with Gasteiger partial charge in [0.2, 0.25) is 0 Å². The van der Waals surface area contributed by atoms with Crippen LogP contribution in [0, 0.1) is 5.92 Å². The molecule has 0 aromatic carbocycles. The summed E-state index contributed by atoms with van der Waals surface area (Å²) in [5.41, 5.74) is 8.50. The molecule has 0 N–H and O–H groups in total. The van der Waals surface area contributed by atoms with E-state index in [4.69, 9.17) is 15.0 Å². The highest BCUT2D eigenvalue weighted by atomic mass is 16.8. The van der Waals surface area contributed by atoms with Crippen molar-refractivity contribution >= 4 is 0 Å². The fourth-order valence-corrected chi connectivity index (χ4v) is 2.64. The Morgan fingerprint density at radius 1 is 1.40 bits per heavy atom. The van der Waals surface area contributed by atoms with Gasteiger partial charge in [0.1, 0.15) is 0 Å². The zero-order valence-electron chi connectivity index (χ0n) is 9.38. The maximum atomic E-state index is 8.50. The molecule has 4 atom stereocenters. The molecule has 84 valence electrons. The molecular formula is C10H17N3O2. The van der Waals surface area contributed by atoms with Crippen molar-refractivity contribution in [1.29, 1.82) is 0 Å². The number of hydrogen-bond acceptors (Lipinski definition) is 3. The summed E-state index contributed by atoms with van der Waals surface area (Å²) < 4.78 is 11.6. The van der Waals surface area contributed by atoms with E-state index in [0.717, 1.165) is 12.8 Å². The SMILES string of the molecule is CC[C@H]1C[C@@H](N=[N+]=[N-])C2OC(C)(C)O[C@H]21. The minimum Gasteiger partial charge on any atom is -0.344 e. The van der Waals surface area contributed by atoms with Crippen molar-refractivity contribution in [3.8, 4) is 0 Å². The zero-order valence-corrected chi connectivity index (χ0v) is 9.38. The molecule has 2 rings (SSSR count). The number of rotatable bonds is 2. The molecule has 1 unspecified atom stereocenters. The monoisotopic (exact) mass is 211 g/mol. The van der Waals surface area contributed by atoms with Crippen LogP contribution in [0.5, 0.6) is 0 Å². The predicted octanol–water partition coefficient (Wildman–Crippen LogP) is 2.62. The van der Waals surface area contributed by atoms with Gasteiger partial charge in [-0.2, -0.15) is 0 Å². The van der Waals surface area contributed by atoms with E-state index in [9.17, 15) is 0 Å². The highest BCUT2D eigenvalue weighted by molar-refractivity contribution is 5.01. The number of azide groups is 1. The van der Waals surface area contributed by atoms with E-state index in [1.807, 2.05) is 13.8 Å². The fourth-order valence-electron chi connectivity index (χ4n) is 2.64. The maximum Gasteiger partial charge on any atom is 0.163 e. The minimum atomic E-state index is -0.535. The van der Waals surface area contributed by atoms with E-state index in [1.54, 1.807) is 0 Å². The zero-order chi connectivity index (χ0) is 11.1. The van der Waals surface area contributed by atoms with Gasteiger partial charge >= 0.3 is 0 Å². The molecule has 0 aromatic rings. The van der Waals surface area contributed by atoms with Gasteiger partial charge in [0.05, 0.1) is 18.2 Å². The largest absolute Gasteiger partial charge is 0.344 e. The Hall–Kier alpha value is -0.770. The number of nitrogens with zero attached hydrogens (tertiary/aromatic N) is 3. The molecule has 1 saturated heterocycles. The molecule has 0 radical (unpaired) electrons. The van der Waals surface area contributed by atoms with E-state index in [0.29, 0.717) is 5.92 Å². The highest BCUT2D eigenvalue weighted by Gasteiger charge is 2.52. The molecular weight excluding hydrogens is 194 g/mol. The summed E-state index contributed by atoms with van der Waals surface area (Å²) in [4.78, 5) is 2.88. The van der Waals surface area contributed by atoms with Crippen LogP contribution in [-0.4, -0.2) is 24.0 Å². The van der Waals surface area contributed by atoms with E-state index < -0.39 is 5.79 Å². The quantitative estimate of drug-likeness (QED) is 0.400. The minimum absolute atomic E-state index is 0.0548. The van der Waals surface area contributed by atoms with E-state index in [-0.39, 0.29) is 18.2 Å². The lowest BCUT2D eigenvalue weighted by Crippen LogP contribution is -2.27. The van der Waals surface area contributed by atoms with Crippen LogP contribution in [0.1, 0.15) is 33.6 Å². The summed E-state index contributed by atoms with van der Waals surface area (Å²) in [6.07, 6.45) is 1.96. The van der Waals surface area contributed by atoms with E-state index in [2.05, 4.69) is 16.9 Å². The van der Waals surface area contributed by atoms with Gasteiger partial charge in [-0.25, -0.2) is 0 Å². The molecule has 1 heterocycles. The topological polar surface area (TPSA) is 67.2 Å². The molecule has 15 heavy (non-hydrogen) atoms. The molecule has 0 spiro atoms. The lowest BCUT2D eigenvalue weighted by Gasteiger charge is -2.21. The Balaban J connectivity index is 2.18. The summed E-state index contributed by atoms with van der Waals surface area (Å²) in [7, 11) is 0. The van der Waals surface area contributed by atoms with Crippen LogP contribution < -0.4 is 0 Å². The van der Waals surface area contributed by atoms with Crippen molar-refractivity contribution in [3.05, 3.63) is 10.4 Å². The standard InChI is InChI=1S/C10H17N3O2/c1-4-6-5-7(12-13-11)9-8(6)14-10(2,3)15-9/h6-9H,4-5H2,1-3H3/t6-,7+,8-,9?/m0/s1. The van der Waals surface area contributed by atoms with Crippen LogP contribution in [0.4, 0.5) is 0 Å². The smallest absolute Gasteiger partial charge is 0.163 e. The van der Waals surface area contributed by atoms with Gasteiger partial charge in [-0.05, 0) is 31.7 Å². The molecule has 0 bridgehead atoms. The average Bonchev–Trinajstić information content (AvgIpc) is 2.61. The predicted molar refractivity (Wildman–Crippen MR) is 55.2 cm³/mol. The van der Waals surface area contributed by atoms with Crippen molar-refractivity contribution in [2.45, 2.75) is 57.6 Å². The summed E-state index contributed by atoms with van der Waals surface area (Å²) in [5, 5.41) is 3.81. The van der Waals surface area contributed by atoms with Gasteiger partial charge in [0.25, 0.3) is 0 Å². The number of hydrogen-bond donors (Lipinski definition) is 0. The Morgan fingerprint density at radius 3 is 2.67 bits per heavy atom. The van der Waals surface area contributed by atoms with Crippen molar-refractivity contribution in [3.63, 3.8) is 0 Å². The Labute approximate surface area is 89.4 Å². The molecule has 0 amide bonds. The van der Waals surface area contributed by atoms with Crippen LogP contribution in [0.3, 0.4) is 0 Å². The van der Waals surface area contributed by atoms with Crippen molar-refractivity contribution in [1.82, 2.24) is 0 Å². The van der Waals surface area contributed by atoms with Crippen LogP contribution in [0.2, 0.25) is 0 Å². The van der Waals surface area contributed by atoms with Crippen LogP contribution >= 0.6 is 0 Å². The fraction of sp³-hybridized carbons (Fsp3) is 1.00. The maximum absolute atomic E-state index is 8.50. The summed E-state index contributed by atoms with van der Waals surface area (Å²) >= 11 is 0. The van der Waals surface area contributed by atoms with E-state index >= 15 is 0 Å². The summed E-state index contributed by atoms with van der Waals surface area (Å²) in [6, 6.07) is -0.0632. The number of fused-ring (bicyclic) bond motifs is 1. The first kappa shape index (κ1) is 10.7. The lowest BCUT2D eigenvalue weighted by molar-refractivity contribution is -0.157. The van der Waals surface area contributed by atoms with Crippen molar-refractivity contribution < 1.29 is 9.47 Å². The second kappa shape index (κ2) is 3.67. The first-order valence-corrected chi connectivity index (χ1v) is 5.47. The molecule has 1 aliphatic heterocycles. The third-order valence-electron chi connectivity index (χ3n) is 3.28. The summed E-state index contributed by atoms with van der Waals surface area (Å²) in [6.45, 7) is 5.95. The Bertz CT molecular complexity index is 299. The van der Waals surface area contributed by atoms with Gasteiger partial charge < -0.3 is 9.47 Å². The molecule has 2 fully saturated rings. The Morgan fingerprint density at radius 2 is 2.07 bits per heavy atom. The molecule has 2 aliphatic rings. The van der Waals surface area contributed by atoms with Crippen LogP contribution in [-0.2, 0) is 9.47 Å². The molecule has 1 saturated carbocycles. The highest BCUT2D eigenvalue weighted by Crippen LogP contribution is 2.43. The van der Waals surface area contributed by atoms with Crippen molar-refractivity contribution in [2.75, 3.05) is 0 Å². The normalized spacial score (nSPS) is 42.3. The molecule has 1 aliphatic carbocycles. The molecule has 5 heteroatoms. The van der Waals surface area contributed by atoms with E-state index in [1.165, 1.54) is 0 Å². The van der Waals surface area contributed by atoms with Crippen molar-refractivity contribution in [2.24, 2.45) is 11.0 Å². The van der Waals surface area contributed by atoms with Gasteiger partial charge in [0.15, 0.2) is 5.79 Å². The van der Waals surface area contributed by atoms with Gasteiger partial charge in [-0.3, -0.25) is 0 Å². The van der Waals surface area contributed by atoms with Gasteiger partial charge in [0, 0.05) is 4.91 Å². The Kier molecular flexibility index (Phi) is 2.63.